The molecule has 0 fully saturated rings. The molecule has 3 heteroatoms. The maximum atomic E-state index is 10.1. The second-order valence-corrected chi connectivity index (χ2v) is 4.24. The number of pyridine rings is 1. The molecule has 1 aromatic carbocycles. The molecule has 19 heavy (non-hydrogen) atoms. The second-order valence-electron chi connectivity index (χ2n) is 4.24. The largest absolute Gasteiger partial charge is 0.298 e. The third kappa shape index (κ3) is 4.47. The minimum absolute atomic E-state index is 0.589. The molecule has 0 aliphatic heterocycles. The molecular formula is C16H17NO2. The number of carbonyl (C=O) groups is 2. The van der Waals surface area contributed by atoms with Gasteiger partial charge in [0.15, 0.2) is 0 Å². The van der Waals surface area contributed by atoms with E-state index >= 15 is 0 Å². The Balaban J connectivity index is 0.000000191. The summed E-state index contributed by atoms with van der Waals surface area (Å²) in [5, 5.41) is 0. The summed E-state index contributed by atoms with van der Waals surface area (Å²) in [4.78, 5) is 24.4. The van der Waals surface area contributed by atoms with E-state index in [1.54, 1.807) is 24.3 Å². The number of aryl methyl sites for hydroxylation is 2. The molecule has 0 aliphatic rings. The van der Waals surface area contributed by atoms with Crippen molar-refractivity contribution in [3.05, 3.63) is 64.5 Å². The lowest BCUT2D eigenvalue weighted by molar-refractivity contribution is 0.111. The summed E-state index contributed by atoms with van der Waals surface area (Å²) in [6, 6.07) is 8.46. The van der Waals surface area contributed by atoms with E-state index in [4.69, 9.17) is 0 Å². The van der Waals surface area contributed by atoms with Gasteiger partial charge in [0.1, 0.15) is 12.6 Å². The van der Waals surface area contributed by atoms with Crippen molar-refractivity contribution in [1.29, 1.82) is 0 Å². The van der Waals surface area contributed by atoms with Gasteiger partial charge in [0.2, 0.25) is 0 Å². The number of carbonyl (C=O) groups excluding carboxylic acids is 2. The van der Waals surface area contributed by atoms with Crippen LogP contribution in [-0.2, 0) is 0 Å². The first-order chi connectivity index (χ1) is 9.08. The lowest BCUT2D eigenvalue weighted by Gasteiger charge is -1.99. The predicted octanol–water partition coefficient (Wildman–Crippen LogP) is 3.32. The van der Waals surface area contributed by atoms with Crippen molar-refractivity contribution >= 4 is 12.6 Å². The Bertz CT molecular complexity index is 512. The smallest absolute Gasteiger partial charge is 0.150 e. The number of aromatic nitrogens is 1. The van der Waals surface area contributed by atoms with Crippen LogP contribution >= 0.6 is 0 Å². The molecule has 0 atom stereocenters. The number of benzene rings is 1. The van der Waals surface area contributed by atoms with Crippen molar-refractivity contribution in [2.24, 2.45) is 0 Å². The van der Waals surface area contributed by atoms with Crippen molar-refractivity contribution in [3.63, 3.8) is 0 Å². The van der Waals surface area contributed by atoms with E-state index in [2.05, 4.69) is 18.8 Å². The Kier molecular flexibility index (Phi) is 5.61. The third-order valence-corrected chi connectivity index (χ3v) is 2.94. The highest BCUT2D eigenvalue weighted by Crippen LogP contribution is 2.06. The van der Waals surface area contributed by atoms with Crippen LogP contribution in [-0.4, -0.2) is 17.6 Å². The number of hydrogen-bond donors (Lipinski definition) is 0. The predicted molar refractivity (Wildman–Crippen MR) is 75.7 cm³/mol. The molecule has 0 aliphatic carbocycles. The minimum atomic E-state index is 0.589. The first kappa shape index (κ1) is 14.8. The number of hydrogen-bond acceptors (Lipinski definition) is 3. The average Bonchev–Trinajstić information content (AvgIpc) is 2.45. The van der Waals surface area contributed by atoms with Gasteiger partial charge in [-0.05, 0) is 38.0 Å². The molecular weight excluding hydrogens is 238 g/mol. The highest BCUT2D eigenvalue weighted by molar-refractivity contribution is 5.79. The fourth-order valence-electron chi connectivity index (χ4n) is 1.42. The molecule has 3 nitrogen and oxygen atoms in total. The first-order valence-electron chi connectivity index (χ1n) is 5.97. The lowest BCUT2D eigenvalue weighted by Crippen LogP contribution is -1.87. The summed E-state index contributed by atoms with van der Waals surface area (Å²) in [7, 11) is 0. The summed E-state index contributed by atoms with van der Waals surface area (Å²) >= 11 is 0. The molecule has 98 valence electrons. The van der Waals surface area contributed by atoms with Crippen LogP contribution in [0.1, 0.15) is 37.5 Å². The van der Waals surface area contributed by atoms with Crippen LogP contribution in [0.15, 0.2) is 36.5 Å². The van der Waals surface area contributed by atoms with Gasteiger partial charge < -0.3 is 0 Å². The van der Waals surface area contributed by atoms with E-state index < -0.39 is 0 Å². The molecule has 0 saturated heterocycles. The second kappa shape index (κ2) is 7.21. The van der Waals surface area contributed by atoms with Gasteiger partial charge >= 0.3 is 0 Å². The zero-order valence-electron chi connectivity index (χ0n) is 11.4. The summed E-state index contributed by atoms with van der Waals surface area (Å²) in [5.41, 5.74) is 4.94. The molecule has 0 bridgehead atoms. The monoisotopic (exact) mass is 255 g/mol. The van der Waals surface area contributed by atoms with Crippen LogP contribution in [0, 0.1) is 20.8 Å². The van der Waals surface area contributed by atoms with Crippen LogP contribution < -0.4 is 0 Å². The van der Waals surface area contributed by atoms with Gasteiger partial charge in [0, 0.05) is 23.0 Å². The quantitative estimate of drug-likeness (QED) is 0.773. The normalized spacial score (nSPS) is 9.21. The van der Waals surface area contributed by atoms with Crippen LogP contribution in [0.3, 0.4) is 0 Å². The standard InChI is InChI=1S/C8H11N.C8H6O2/c1-6-4-5-9-8(3)7(6)2;9-5-7-1-2-8(6-10)4-3-7/h4-5H,1-3H3;1-6H. The van der Waals surface area contributed by atoms with E-state index in [-0.39, 0.29) is 0 Å². The minimum Gasteiger partial charge on any atom is -0.298 e. The van der Waals surface area contributed by atoms with E-state index in [0.717, 1.165) is 18.3 Å². The van der Waals surface area contributed by atoms with Crippen molar-refractivity contribution in [2.45, 2.75) is 20.8 Å². The Morgan fingerprint density at radius 1 is 0.842 bits per heavy atom. The Morgan fingerprint density at radius 3 is 1.63 bits per heavy atom. The fraction of sp³-hybridized carbons (Fsp3) is 0.188. The highest BCUT2D eigenvalue weighted by atomic mass is 16.1. The van der Waals surface area contributed by atoms with Gasteiger partial charge in [0.25, 0.3) is 0 Å². The highest BCUT2D eigenvalue weighted by Gasteiger charge is 1.93. The molecule has 0 radical (unpaired) electrons. The molecule has 1 aromatic heterocycles. The van der Waals surface area contributed by atoms with E-state index in [1.807, 2.05) is 19.2 Å². The van der Waals surface area contributed by atoms with Gasteiger partial charge in [-0.2, -0.15) is 0 Å². The SMILES string of the molecule is Cc1ccnc(C)c1C.O=Cc1ccc(C=O)cc1. The molecule has 2 rings (SSSR count). The molecule has 0 N–H and O–H groups in total. The first-order valence-corrected chi connectivity index (χ1v) is 5.97. The zero-order chi connectivity index (χ0) is 14.3. The average molecular weight is 255 g/mol. The van der Waals surface area contributed by atoms with E-state index in [1.165, 1.54) is 11.1 Å². The molecule has 0 spiro atoms. The van der Waals surface area contributed by atoms with Crippen molar-refractivity contribution in [3.8, 4) is 0 Å². The topological polar surface area (TPSA) is 47.0 Å². The van der Waals surface area contributed by atoms with Gasteiger partial charge in [-0.25, -0.2) is 0 Å². The lowest BCUT2D eigenvalue weighted by atomic mass is 10.1. The molecule has 0 saturated carbocycles. The van der Waals surface area contributed by atoms with Crippen LogP contribution in [0.4, 0.5) is 0 Å². The maximum absolute atomic E-state index is 10.1. The number of aldehydes is 2. The van der Waals surface area contributed by atoms with Gasteiger partial charge in [-0.3, -0.25) is 14.6 Å². The zero-order valence-corrected chi connectivity index (χ0v) is 11.4. The van der Waals surface area contributed by atoms with Crippen LogP contribution in [0.25, 0.3) is 0 Å². The van der Waals surface area contributed by atoms with Gasteiger partial charge in [-0.15, -0.1) is 0 Å². The number of rotatable bonds is 2. The summed E-state index contributed by atoms with van der Waals surface area (Å²) < 4.78 is 0. The molecule has 1 heterocycles. The summed E-state index contributed by atoms with van der Waals surface area (Å²) in [6.45, 7) is 6.23. The van der Waals surface area contributed by atoms with Crippen molar-refractivity contribution in [1.82, 2.24) is 4.98 Å². The van der Waals surface area contributed by atoms with Crippen LogP contribution in [0.5, 0.6) is 0 Å². The van der Waals surface area contributed by atoms with Gasteiger partial charge in [0.05, 0.1) is 0 Å². The van der Waals surface area contributed by atoms with Crippen LogP contribution in [0.2, 0.25) is 0 Å². The van der Waals surface area contributed by atoms with Crippen molar-refractivity contribution in [2.75, 3.05) is 0 Å². The molecule has 0 unspecified atom stereocenters. The Morgan fingerprint density at radius 2 is 1.32 bits per heavy atom. The number of nitrogens with zero attached hydrogens (tertiary/aromatic N) is 1. The van der Waals surface area contributed by atoms with E-state index in [0.29, 0.717) is 11.1 Å². The summed E-state index contributed by atoms with van der Waals surface area (Å²) in [6.07, 6.45) is 3.33. The van der Waals surface area contributed by atoms with Gasteiger partial charge in [-0.1, -0.05) is 24.3 Å². The Labute approximate surface area is 113 Å². The van der Waals surface area contributed by atoms with E-state index in [9.17, 15) is 9.59 Å². The molecule has 2 aromatic rings. The van der Waals surface area contributed by atoms with Crippen molar-refractivity contribution < 1.29 is 9.59 Å². The Hall–Kier alpha value is -2.29. The summed E-state index contributed by atoms with van der Waals surface area (Å²) in [5.74, 6) is 0. The fourth-order valence-corrected chi connectivity index (χ4v) is 1.42. The molecule has 0 amide bonds. The third-order valence-electron chi connectivity index (χ3n) is 2.94. The maximum Gasteiger partial charge on any atom is 0.150 e.